The van der Waals surface area contributed by atoms with Crippen LogP contribution in [0.1, 0.15) is 48.9 Å². The molecule has 5 heteroatoms. The highest BCUT2D eigenvalue weighted by molar-refractivity contribution is 5.78. The van der Waals surface area contributed by atoms with Crippen molar-refractivity contribution in [2.45, 2.75) is 45.1 Å². The summed E-state index contributed by atoms with van der Waals surface area (Å²) in [7, 11) is 0. The molecule has 1 aliphatic heterocycles. The predicted octanol–water partition coefficient (Wildman–Crippen LogP) is 3.26. The Hall–Kier alpha value is -2.04. The van der Waals surface area contributed by atoms with E-state index in [-0.39, 0.29) is 18.4 Å². The van der Waals surface area contributed by atoms with Gasteiger partial charge in [-0.15, -0.1) is 0 Å². The van der Waals surface area contributed by atoms with Crippen LogP contribution in [0.5, 0.6) is 0 Å². The summed E-state index contributed by atoms with van der Waals surface area (Å²) in [6, 6.07) is 5.69. The molecule has 0 bridgehead atoms. The van der Waals surface area contributed by atoms with Crippen molar-refractivity contribution in [3.05, 3.63) is 41.7 Å². The Labute approximate surface area is 123 Å². The van der Waals surface area contributed by atoms with Crippen LogP contribution in [0.2, 0.25) is 0 Å². The number of furan rings is 1. The number of carbonyl (C=O) groups excluding carboxylic acids is 1. The lowest BCUT2D eigenvalue weighted by Crippen LogP contribution is -2.35. The molecule has 0 radical (unpaired) electrons. The normalized spacial score (nSPS) is 19.5. The maximum absolute atomic E-state index is 12.6. The fourth-order valence-electron chi connectivity index (χ4n) is 2.93. The van der Waals surface area contributed by atoms with Gasteiger partial charge in [0.25, 0.3) is 0 Å². The van der Waals surface area contributed by atoms with Crippen molar-refractivity contribution >= 4 is 5.91 Å². The SMILES string of the molecule is Cc1cc(CC(=O)N2CCCCC[C@H]2c2ccco2)on1. The van der Waals surface area contributed by atoms with E-state index < -0.39 is 0 Å². The molecule has 0 saturated carbocycles. The van der Waals surface area contributed by atoms with E-state index in [9.17, 15) is 4.79 Å². The zero-order chi connectivity index (χ0) is 14.7. The highest BCUT2D eigenvalue weighted by Gasteiger charge is 2.29. The van der Waals surface area contributed by atoms with E-state index in [0.29, 0.717) is 5.76 Å². The third-order valence-corrected chi connectivity index (χ3v) is 3.95. The van der Waals surface area contributed by atoms with Crippen LogP contribution in [0.25, 0.3) is 0 Å². The highest BCUT2D eigenvalue weighted by atomic mass is 16.5. The lowest BCUT2D eigenvalue weighted by molar-refractivity contribution is -0.133. The van der Waals surface area contributed by atoms with E-state index in [4.69, 9.17) is 8.94 Å². The fraction of sp³-hybridized carbons (Fsp3) is 0.500. The summed E-state index contributed by atoms with van der Waals surface area (Å²) in [5.41, 5.74) is 0.802. The molecule has 0 aliphatic carbocycles. The van der Waals surface area contributed by atoms with Crippen LogP contribution in [0.4, 0.5) is 0 Å². The van der Waals surface area contributed by atoms with E-state index in [1.165, 1.54) is 0 Å². The summed E-state index contributed by atoms with van der Waals surface area (Å²) in [5, 5.41) is 3.84. The Balaban J connectivity index is 1.77. The van der Waals surface area contributed by atoms with Gasteiger partial charge in [0.05, 0.1) is 24.4 Å². The summed E-state index contributed by atoms with van der Waals surface area (Å²) >= 11 is 0. The second-order valence-electron chi connectivity index (χ2n) is 5.58. The molecule has 3 rings (SSSR count). The van der Waals surface area contributed by atoms with Crippen molar-refractivity contribution in [1.82, 2.24) is 10.1 Å². The molecule has 5 nitrogen and oxygen atoms in total. The van der Waals surface area contributed by atoms with Crippen LogP contribution in [0.15, 0.2) is 33.4 Å². The molecule has 0 unspecified atom stereocenters. The van der Waals surface area contributed by atoms with Gasteiger partial charge in [0, 0.05) is 12.6 Å². The van der Waals surface area contributed by atoms with Crippen LogP contribution in [-0.2, 0) is 11.2 Å². The van der Waals surface area contributed by atoms with Crippen molar-refractivity contribution in [3.63, 3.8) is 0 Å². The number of hydrogen-bond donors (Lipinski definition) is 0. The molecule has 1 amide bonds. The smallest absolute Gasteiger partial charge is 0.230 e. The minimum Gasteiger partial charge on any atom is -0.467 e. The Kier molecular flexibility index (Phi) is 4.08. The first kappa shape index (κ1) is 13.9. The standard InChI is InChI=1S/C16H20N2O3/c1-12-10-13(21-17-12)11-16(19)18-8-4-2-3-6-14(18)15-7-5-9-20-15/h5,7,9-10,14H,2-4,6,8,11H2,1H3/t14-/m0/s1. The first-order valence-electron chi connectivity index (χ1n) is 7.49. The first-order chi connectivity index (χ1) is 10.2. The molecule has 2 aromatic heterocycles. The average Bonchev–Trinajstić information content (AvgIpc) is 3.06. The van der Waals surface area contributed by atoms with E-state index in [0.717, 1.165) is 43.7 Å². The average molecular weight is 288 g/mol. The molecule has 112 valence electrons. The van der Waals surface area contributed by atoms with Crippen LogP contribution < -0.4 is 0 Å². The topological polar surface area (TPSA) is 59.5 Å². The maximum atomic E-state index is 12.6. The zero-order valence-electron chi connectivity index (χ0n) is 12.2. The zero-order valence-corrected chi connectivity index (χ0v) is 12.2. The second-order valence-corrected chi connectivity index (χ2v) is 5.58. The van der Waals surface area contributed by atoms with Gasteiger partial charge in [0.2, 0.25) is 5.91 Å². The van der Waals surface area contributed by atoms with Crippen molar-refractivity contribution in [3.8, 4) is 0 Å². The van der Waals surface area contributed by atoms with Crippen LogP contribution in [0, 0.1) is 6.92 Å². The van der Waals surface area contributed by atoms with E-state index in [1.54, 1.807) is 6.26 Å². The van der Waals surface area contributed by atoms with Crippen molar-refractivity contribution in [2.75, 3.05) is 6.54 Å². The summed E-state index contributed by atoms with van der Waals surface area (Å²) in [4.78, 5) is 14.6. The minimum atomic E-state index is 0.0408. The fourth-order valence-corrected chi connectivity index (χ4v) is 2.93. The third-order valence-electron chi connectivity index (χ3n) is 3.95. The Morgan fingerprint density at radius 1 is 1.43 bits per heavy atom. The molecule has 1 atom stereocenters. The molecule has 0 N–H and O–H groups in total. The summed E-state index contributed by atoms with van der Waals surface area (Å²) < 4.78 is 10.7. The number of nitrogens with zero attached hydrogens (tertiary/aromatic N) is 2. The van der Waals surface area contributed by atoms with E-state index >= 15 is 0 Å². The summed E-state index contributed by atoms with van der Waals surface area (Å²) in [6.45, 7) is 2.63. The molecular weight excluding hydrogens is 268 g/mol. The molecule has 1 saturated heterocycles. The van der Waals surface area contributed by atoms with Gasteiger partial charge in [0.15, 0.2) is 0 Å². The Morgan fingerprint density at radius 2 is 2.33 bits per heavy atom. The minimum absolute atomic E-state index is 0.0408. The monoisotopic (exact) mass is 288 g/mol. The summed E-state index contributed by atoms with van der Waals surface area (Å²) in [5.74, 6) is 1.58. The van der Waals surface area contributed by atoms with Gasteiger partial charge in [0.1, 0.15) is 11.5 Å². The van der Waals surface area contributed by atoms with Gasteiger partial charge in [-0.05, 0) is 31.9 Å². The lowest BCUT2D eigenvalue weighted by Gasteiger charge is -2.28. The molecule has 0 spiro atoms. The van der Waals surface area contributed by atoms with Gasteiger partial charge >= 0.3 is 0 Å². The van der Waals surface area contributed by atoms with Crippen LogP contribution in [-0.4, -0.2) is 22.5 Å². The number of aryl methyl sites for hydroxylation is 1. The van der Waals surface area contributed by atoms with Crippen molar-refractivity contribution in [1.29, 1.82) is 0 Å². The lowest BCUT2D eigenvalue weighted by atomic mass is 10.1. The first-order valence-corrected chi connectivity index (χ1v) is 7.49. The van der Waals surface area contributed by atoms with E-state index in [2.05, 4.69) is 5.16 Å². The molecule has 1 fully saturated rings. The predicted molar refractivity (Wildman–Crippen MR) is 76.6 cm³/mol. The largest absolute Gasteiger partial charge is 0.467 e. The highest BCUT2D eigenvalue weighted by Crippen LogP contribution is 2.30. The number of rotatable bonds is 3. The molecule has 0 aromatic carbocycles. The third kappa shape index (κ3) is 3.17. The molecular formula is C16H20N2O3. The number of amides is 1. The Morgan fingerprint density at radius 3 is 3.05 bits per heavy atom. The van der Waals surface area contributed by atoms with Crippen molar-refractivity contribution in [2.24, 2.45) is 0 Å². The van der Waals surface area contributed by atoms with Gasteiger partial charge < -0.3 is 13.8 Å². The molecule has 2 aromatic rings. The van der Waals surface area contributed by atoms with Crippen LogP contribution in [0.3, 0.4) is 0 Å². The number of hydrogen-bond acceptors (Lipinski definition) is 4. The van der Waals surface area contributed by atoms with Gasteiger partial charge in [-0.2, -0.15) is 0 Å². The maximum Gasteiger partial charge on any atom is 0.230 e. The van der Waals surface area contributed by atoms with Crippen molar-refractivity contribution < 1.29 is 13.7 Å². The number of carbonyl (C=O) groups is 1. The molecule has 21 heavy (non-hydrogen) atoms. The van der Waals surface area contributed by atoms with Gasteiger partial charge in [-0.1, -0.05) is 18.0 Å². The number of aromatic nitrogens is 1. The molecule has 3 heterocycles. The van der Waals surface area contributed by atoms with E-state index in [1.807, 2.05) is 30.0 Å². The summed E-state index contributed by atoms with van der Waals surface area (Å²) in [6.07, 6.45) is 6.20. The van der Waals surface area contributed by atoms with Gasteiger partial charge in [-0.3, -0.25) is 4.79 Å². The van der Waals surface area contributed by atoms with Gasteiger partial charge in [-0.25, -0.2) is 0 Å². The van der Waals surface area contributed by atoms with Crippen LogP contribution >= 0.6 is 0 Å². The second kappa shape index (κ2) is 6.16. The molecule has 1 aliphatic rings. The Bertz CT molecular complexity index is 588. The quantitative estimate of drug-likeness (QED) is 0.869. The number of likely N-dealkylation sites (tertiary alicyclic amines) is 1.